The van der Waals surface area contributed by atoms with Crippen LogP contribution >= 0.6 is 11.6 Å². The molecule has 0 fully saturated rings. The molecule has 1 N–H and O–H groups in total. The van der Waals surface area contributed by atoms with Crippen molar-refractivity contribution in [2.75, 3.05) is 24.5 Å². The van der Waals surface area contributed by atoms with Crippen LogP contribution in [-0.4, -0.2) is 51.4 Å². The Balaban J connectivity index is 2.12. The first-order valence-electron chi connectivity index (χ1n) is 13.1. The summed E-state index contributed by atoms with van der Waals surface area (Å²) in [7, 11) is -2.83. The fourth-order valence-electron chi connectivity index (χ4n) is 4.31. The molecule has 0 aliphatic carbocycles. The van der Waals surface area contributed by atoms with E-state index in [1.807, 2.05) is 45.0 Å². The summed E-state index contributed by atoms with van der Waals surface area (Å²) in [6, 6.07) is 17.8. The number of anilines is 1. The minimum Gasteiger partial charge on any atom is -0.495 e. The third-order valence-electron chi connectivity index (χ3n) is 6.51. The number of rotatable bonds is 12. The molecule has 3 rings (SSSR count). The highest BCUT2D eigenvalue weighted by molar-refractivity contribution is 7.92. The number of ether oxygens (including phenoxy) is 1. The van der Waals surface area contributed by atoms with E-state index in [0.717, 1.165) is 21.0 Å². The Morgan fingerprint density at radius 3 is 2.10 bits per heavy atom. The zero-order valence-electron chi connectivity index (χ0n) is 23.5. The van der Waals surface area contributed by atoms with Crippen LogP contribution in [-0.2, 0) is 26.2 Å². The van der Waals surface area contributed by atoms with Crippen molar-refractivity contribution in [3.63, 3.8) is 0 Å². The van der Waals surface area contributed by atoms with Crippen molar-refractivity contribution in [3.05, 3.63) is 88.4 Å². The van der Waals surface area contributed by atoms with Crippen molar-refractivity contribution in [1.82, 2.24) is 10.2 Å². The molecule has 0 unspecified atom stereocenters. The van der Waals surface area contributed by atoms with Gasteiger partial charge in [0, 0.05) is 18.1 Å². The van der Waals surface area contributed by atoms with Gasteiger partial charge in [-0.15, -0.1) is 0 Å². The molecule has 0 radical (unpaired) electrons. The number of benzene rings is 3. The average molecular weight is 586 g/mol. The molecule has 0 bridgehead atoms. The van der Waals surface area contributed by atoms with Crippen molar-refractivity contribution in [2.45, 2.75) is 51.6 Å². The van der Waals surface area contributed by atoms with Gasteiger partial charge in [-0.25, -0.2) is 8.42 Å². The van der Waals surface area contributed by atoms with Gasteiger partial charge in [0.2, 0.25) is 11.8 Å². The van der Waals surface area contributed by atoms with E-state index in [1.165, 1.54) is 30.2 Å². The Morgan fingerprint density at radius 2 is 1.55 bits per heavy atom. The highest BCUT2D eigenvalue weighted by Gasteiger charge is 2.34. The summed E-state index contributed by atoms with van der Waals surface area (Å²) in [6.45, 7) is 7.38. The smallest absolute Gasteiger partial charge is 0.264 e. The lowest BCUT2D eigenvalue weighted by Crippen LogP contribution is -2.52. The molecule has 0 aliphatic rings. The number of likely N-dealkylation sites (N-methyl/N-ethyl adjacent to an activating group) is 1. The largest absolute Gasteiger partial charge is 0.495 e. The van der Waals surface area contributed by atoms with Gasteiger partial charge in [-0.05, 0) is 63.1 Å². The van der Waals surface area contributed by atoms with Crippen LogP contribution in [0.15, 0.2) is 71.6 Å². The van der Waals surface area contributed by atoms with Crippen LogP contribution in [0.2, 0.25) is 5.02 Å². The summed E-state index contributed by atoms with van der Waals surface area (Å²) in [5.41, 5.74) is 2.87. The molecule has 0 aromatic heterocycles. The van der Waals surface area contributed by atoms with Crippen LogP contribution in [0.4, 0.5) is 5.69 Å². The first kappa shape index (κ1) is 31.0. The summed E-state index contributed by atoms with van der Waals surface area (Å²) < 4.78 is 34.5. The third-order valence-corrected chi connectivity index (χ3v) is 8.52. The topological polar surface area (TPSA) is 96.0 Å². The standard InChI is InChI=1S/C30H36ClN3O5S/c1-6-26(30(36)32-7-2)33(19-23-12-8-21(3)9-13-23)29(35)20-34(27-18-24(31)14-17-28(27)39-5)40(37,38)25-15-10-22(4)11-16-25/h8-18,26H,6-7,19-20H2,1-5H3,(H,32,36)/t26-/m0/s1. The number of aryl methyl sites for hydroxylation is 2. The molecule has 0 saturated heterocycles. The molecular formula is C30H36ClN3O5S. The third kappa shape index (κ3) is 7.34. The second kappa shape index (κ2) is 13.7. The van der Waals surface area contributed by atoms with Crippen LogP contribution in [0.1, 0.15) is 37.0 Å². The zero-order valence-corrected chi connectivity index (χ0v) is 25.1. The zero-order chi connectivity index (χ0) is 29.4. The fraction of sp³-hybridized carbons (Fsp3) is 0.333. The maximum Gasteiger partial charge on any atom is 0.264 e. The predicted molar refractivity (Wildman–Crippen MR) is 158 cm³/mol. The number of carbonyl (C=O) groups excluding carboxylic acids is 2. The van der Waals surface area contributed by atoms with Crippen LogP contribution in [0.3, 0.4) is 0 Å². The van der Waals surface area contributed by atoms with Crippen LogP contribution in [0, 0.1) is 13.8 Å². The normalized spacial score (nSPS) is 11.9. The molecule has 1 atom stereocenters. The van der Waals surface area contributed by atoms with Gasteiger partial charge in [-0.3, -0.25) is 13.9 Å². The molecule has 0 heterocycles. The molecular weight excluding hydrogens is 550 g/mol. The predicted octanol–water partition coefficient (Wildman–Crippen LogP) is 5.10. The Morgan fingerprint density at radius 1 is 0.950 bits per heavy atom. The lowest BCUT2D eigenvalue weighted by molar-refractivity contribution is -0.140. The lowest BCUT2D eigenvalue weighted by atomic mass is 10.1. The summed E-state index contributed by atoms with van der Waals surface area (Å²) in [5.74, 6) is -0.621. The molecule has 3 aromatic carbocycles. The molecule has 214 valence electrons. The number of nitrogens with one attached hydrogen (secondary N) is 1. The van der Waals surface area contributed by atoms with E-state index < -0.39 is 28.5 Å². The fourth-order valence-corrected chi connectivity index (χ4v) is 5.89. The molecule has 40 heavy (non-hydrogen) atoms. The Labute approximate surface area is 241 Å². The summed E-state index contributed by atoms with van der Waals surface area (Å²) in [5, 5.41) is 3.07. The van der Waals surface area contributed by atoms with E-state index in [2.05, 4.69) is 5.32 Å². The molecule has 2 amide bonds. The van der Waals surface area contributed by atoms with Crippen LogP contribution in [0.5, 0.6) is 5.75 Å². The van der Waals surface area contributed by atoms with Crippen LogP contribution < -0.4 is 14.4 Å². The van der Waals surface area contributed by atoms with Crippen LogP contribution in [0.25, 0.3) is 0 Å². The monoisotopic (exact) mass is 585 g/mol. The summed E-state index contributed by atoms with van der Waals surface area (Å²) >= 11 is 6.28. The minimum absolute atomic E-state index is 0.00813. The van der Waals surface area contributed by atoms with Gasteiger partial charge in [0.05, 0.1) is 17.7 Å². The van der Waals surface area contributed by atoms with E-state index in [4.69, 9.17) is 16.3 Å². The highest BCUT2D eigenvalue weighted by atomic mass is 35.5. The second-order valence-electron chi connectivity index (χ2n) is 9.47. The number of amides is 2. The lowest BCUT2D eigenvalue weighted by Gasteiger charge is -2.33. The number of nitrogens with zero attached hydrogens (tertiary/aromatic N) is 2. The van der Waals surface area contributed by atoms with Gasteiger partial charge in [0.15, 0.2) is 0 Å². The van der Waals surface area contributed by atoms with E-state index in [-0.39, 0.29) is 33.8 Å². The highest BCUT2D eigenvalue weighted by Crippen LogP contribution is 2.35. The number of methoxy groups -OCH3 is 1. The van der Waals surface area contributed by atoms with Gasteiger partial charge in [0.1, 0.15) is 18.3 Å². The Bertz CT molecular complexity index is 1430. The number of sulfonamides is 1. The van der Waals surface area contributed by atoms with Gasteiger partial charge in [-0.2, -0.15) is 0 Å². The maximum absolute atomic E-state index is 14.1. The number of carbonyl (C=O) groups is 2. The Kier molecular flexibility index (Phi) is 10.6. The molecule has 0 aliphatic heterocycles. The Hall–Kier alpha value is -3.56. The number of halogens is 1. The van der Waals surface area contributed by atoms with Gasteiger partial charge in [-0.1, -0.05) is 66.0 Å². The number of hydrogen-bond acceptors (Lipinski definition) is 5. The SMILES string of the molecule is CCNC(=O)[C@H](CC)N(Cc1ccc(C)cc1)C(=O)CN(c1cc(Cl)ccc1OC)S(=O)(=O)c1ccc(C)cc1. The quantitative estimate of drug-likeness (QED) is 0.319. The minimum atomic E-state index is -4.24. The van der Waals surface area contributed by atoms with Crippen molar-refractivity contribution in [3.8, 4) is 5.75 Å². The average Bonchev–Trinajstić information content (AvgIpc) is 2.92. The second-order valence-corrected chi connectivity index (χ2v) is 11.8. The molecule has 3 aromatic rings. The van der Waals surface area contributed by atoms with E-state index in [1.54, 1.807) is 31.2 Å². The molecule has 0 saturated carbocycles. The first-order chi connectivity index (χ1) is 19.0. The van der Waals surface area contributed by atoms with Gasteiger partial charge < -0.3 is 15.0 Å². The molecule has 8 nitrogen and oxygen atoms in total. The van der Waals surface area contributed by atoms with Gasteiger partial charge in [0.25, 0.3) is 10.0 Å². The van der Waals surface area contributed by atoms with E-state index in [9.17, 15) is 18.0 Å². The van der Waals surface area contributed by atoms with Crippen molar-refractivity contribution in [2.24, 2.45) is 0 Å². The van der Waals surface area contributed by atoms with E-state index >= 15 is 0 Å². The van der Waals surface area contributed by atoms with Crippen molar-refractivity contribution in [1.29, 1.82) is 0 Å². The molecule has 0 spiro atoms. The van der Waals surface area contributed by atoms with E-state index in [0.29, 0.717) is 13.0 Å². The van der Waals surface area contributed by atoms with Crippen molar-refractivity contribution >= 4 is 39.1 Å². The first-order valence-corrected chi connectivity index (χ1v) is 14.9. The molecule has 10 heteroatoms. The summed E-state index contributed by atoms with van der Waals surface area (Å²) in [4.78, 5) is 28.6. The maximum atomic E-state index is 14.1. The van der Waals surface area contributed by atoms with Gasteiger partial charge >= 0.3 is 0 Å². The summed E-state index contributed by atoms with van der Waals surface area (Å²) in [6.07, 6.45) is 0.342. The number of hydrogen-bond donors (Lipinski definition) is 1. The van der Waals surface area contributed by atoms with Crippen molar-refractivity contribution < 1.29 is 22.7 Å².